The summed E-state index contributed by atoms with van der Waals surface area (Å²) in [6.45, 7) is -0.405. The zero-order valence-electron chi connectivity index (χ0n) is 16.0. The van der Waals surface area contributed by atoms with E-state index in [9.17, 15) is 18.0 Å². The van der Waals surface area contributed by atoms with Gasteiger partial charge in [-0.15, -0.1) is 0 Å². The fourth-order valence-corrected chi connectivity index (χ4v) is 4.09. The van der Waals surface area contributed by atoms with E-state index in [1.165, 1.54) is 31.3 Å². The van der Waals surface area contributed by atoms with Crippen molar-refractivity contribution < 1.29 is 22.7 Å². The Kier molecular flexibility index (Phi) is 6.69. The molecule has 30 heavy (non-hydrogen) atoms. The lowest BCUT2D eigenvalue weighted by Gasteiger charge is -2.19. The summed E-state index contributed by atoms with van der Waals surface area (Å²) < 4.78 is 32.6. The number of rotatable bonds is 7. The number of hydrogen-bond donors (Lipinski definition) is 0. The number of hydrogen-bond acceptors (Lipinski definition) is 5. The molecule has 0 heterocycles. The van der Waals surface area contributed by atoms with E-state index in [0.717, 1.165) is 8.78 Å². The van der Waals surface area contributed by atoms with Gasteiger partial charge in [0, 0.05) is 17.1 Å². The number of anilines is 1. The molecule has 0 spiro atoms. The van der Waals surface area contributed by atoms with Crippen molar-refractivity contribution in [3.63, 3.8) is 0 Å². The van der Waals surface area contributed by atoms with Crippen LogP contribution in [0, 0.1) is 0 Å². The monoisotopic (exact) mass is 487 g/mol. The Labute approximate surface area is 183 Å². The van der Waals surface area contributed by atoms with Crippen LogP contribution >= 0.6 is 15.9 Å². The van der Waals surface area contributed by atoms with Crippen LogP contribution in [0.2, 0.25) is 0 Å². The van der Waals surface area contributed by atoms with E-state index >= 15 is 0 Å². The first-order valence-electron chi connectivity index (χ1n) is 8.89. The smallest absolute Gasteiger partial charge is 0.338 e. The molecule has 0 aliphatic carbocycles. The molecule has 0 aliphatic heterocycles. The predicted molar refractivity (Wildman–Crippen MR) is 117 cm³/mol. The van der Waals surface area contributed by atoms with Crippen LogP contribution in [0.25, 0.3) is 0 Å². The third-order valence-corrected chi connectivity index (χ3v) is 6.70. The predicted octanol–water partition coefficient (Wildman–Crippen LogP) is 4.31. The zero-order valence-corrected chi connectivity index (χ0v) is 18.4. The quantitative estimate of drug-likeness (QED) is 0.366. The van der Waals surface area contributed by atoms with Gasteiger partial charge in [-0.3, -0.25) is 9.10 Å². The number of Topliss-reactive ketones (excluding diaryl/α,β-unsaturated/α-hetero) is 1. The number of nitrogens with zero attached hydrogens (tertiary/aromatic N) is 1. The van der Waals surface area contributed by atoms with Gasteiger partial charge in [0.25, 0.3) is 10.0 Å². The average Bonchev–Trinajstić information content (AvgIpc) is 2.77. The number of ketones is 1. The first kappa shape index (κ1) is 21.7. The summed E-state index contributed by atoms with van der Waals surface area (Å²) in [7, 11) is -2.32. The van der Waals surface area contributed by atoms with Crippen LogP contribution in [0.3, 0.4) is 0 Å². The molecule has 0 amide bonds. The summed E-state index contributed by atoms with van der Waals surface area (Å²) in [6.07, 6.45) is 0. The molecular weight excluding hydrogens is 470 g/mol. The second-order valence-electron chi connectivity index (χ2n) is 6.34. The van der Waals surface area contributed by atoms with Gasteiger partial charge in [-0.25, -0.2) is 13.2 Å². The molecule has 154 valence electrons. The molecule has 8 heteroatoms. The number of para-hydroxylation sites is 1. The molecule has 0 aromatic heterocycles. The molecule has 0 saturated carbocycles. The van der Waals surface area contributed by atoms with Crippen LogP contribution in [0.15, 0.2) is 88.2 Å². The topological polar surface area (TPSA) is 80.8 Å². The SMILES string of the molecule is CN(c1ccccc1)S(=O)(=O)c1ccc(C(=O)OCC(=O)c2ccc(Br)cc2)cc1. The Hall–Kier alpha value is -2.97. The van der Waals surface area contributed by atoms with Gasteiger partial charge < -0.3 is 4.74 Å². The Morgan fingerprint density at radius 3 is 2.03 bits per heavy atom. The number of carbonyl (C=O) groups excluding carboxylic acids is 2. The van der Waals surface area contributed by atoms with E-state index in [4.69, 9.17) is 4.74 Å². The number of carbonyl (C=O) groups is 2. The highest BCUT2D eigenvalue weighted by Crippen LogP contribution is 2.22. The van der Waals surface area contributed by atoms with E-state index in [0.29, 0.717) is 11.3 Å². The molecule has 0 atom stereocenters. The van der Waals surface area contributed by atoms with Crippen LogP contribution in [-0.4, -0.2) is 33.8 Å². The minimum atomic E-state index is -3.78. The van der Waals surface area contributed by atoms with E-state index in [1.807, 2.05) is 0 Å². The standard InChI is InChI=1S/C22H18BrNO5S/c1-24(19-5-3-2-4-6-19)30(27,28)20-13-9-17(10-14-20)22(26)29-15-21(25)16-7-11-18(23)12-8-16/h2-14H,15H2,1H3. The number of halogens is 1. The maximum Gasteiger partial charge on any atom is 0.338 e. The van der Waals surface area contributed by atoms with Crippen molar-refractivity contribution in [1.29, 1.82) is 0 Å². The molecule has 0 N–H and O–H groups in total. The Morgan fingerprint density at radius 1 is 0.867 bits per heavy atom. The summed E-state index contributed by atoms with van der Waals surface area (Å²) in [6, 6.07) is 20.8. The number of benzene rings is 3. The highest BCUT2D eigenvalue weighted by atomic mass is 79.9. The first-order valence-corrected chi connectivity index (χ1v) is 11.1. The zero-order chi connectivity index (χ0) is 21.7. The molecule has 0 radical (unpaired) electrons. The van der Waals surface area contributed by atoms with Gasteiger partial charge in [0.1, 0.15) is 0 Å². The summed E-state index contributed by atoms with van der Waals surface area (Å²) in [5.41, 5.74) is 1.10. The first-order chi connectivity index (χ1) is 14.3. The average molecular weight is 488 g/mol. The fourth-order valence-electron chi connectivity index (χ4n) is 2.63. The van der Waals surface area contributed by atoms with Crippen LogP contribution in [-0.2, 0) is 14.8 Å². The van der Waals surface area contributed by atoms with Crippen molar-refractivity contribution >= 4 is 43.4 Å². The van der Waals surface area contributed by atoms with Crippen molar-refractivity contribution in [2.24, 2.45) is 0 Å². The summed E-state index contributed by atoms with van der Waals surface area (Å²) >= 11 is 3.29. The maximum atomic E-state index is 12.8. The molecule has 0 unspecified atom stereocenters. The molecule has 0 saturated heterocycles. The molecule has 3 aromatic carbocycles. The highest BCUT2D eigenvalue weighted by Gasteiger charge is 2.22. The van der Waals surface area contributed by atoms with Crippen molar-refractivity contribution in [3.05, 3.63) is 94.5 Å². The number of ether oxygens (including phenoxy) is 1. The molecule has 6 nitrogen and oxygen atoms in total. The molecule has 0 bridgehead atoms. The number of sulfonamides is 1. The molecular formula is C22H18BrNO5S. The number of esters is 1. The van der Waals surface area contributed by atoms with Gasteiger partial charge in [0.15, 0.2) is 12.4 Å². The Balaban J connectivity index is 1.66. The lowest BCUT2D eigenvalue weighted by Crippen LogP contribution is -2.26. The van der Waals surface area contributed by atoms with E-state index in [2.05, 4.69) is 15.9 Å². The van der Waals surface area contributed by atoms with Gasteiger partial charge in [-0.05, 0) is 48.5 Å². The third kappa shape index (κ3) is 4.95. The third-order valence-electron chi connectivity index (χ3n) is 4.37. The van der Waals surface area contributed by atoms with Gasteiger partial charge >= 0.3 is 5.97 Å². The second kappa shape index (κ2) is 9.23. The Bertz CT molecular complexity index is 1140. The molecule has 3 aromatic rings. The van der Waals surface area contributed by atoms with Gasteiger partial charge in [0.05, 0.1) is 16.1 Å². The van der Waals surface area contributed by atoms with Crippen LogP contribution in [0.5, 0.6) is 0 Å². The second-order valence-corrected chi connectivity index (χ2v) is 9.22. The molecule has 3 rings (SSSR count). The van der Waals surface area contributed by atoms with Crippen LogP contribution < -0.4 is 4.31 Å². The minimum Gasteiger partial charge on any atom is -0.454 e. The largest absolute Gasteiger partial charge is 0.454 e. The van der Waals surface area contributed by atoms with E-state index < -0.39 is 22.6 Å². The van der Waals surface area contributed by atoms with Crippen LogP contribution in [0.1, 0.15) is 20.7 Å². The van der Waals surface area contributed by atoms with E-state index in [-0.39, 0.29) is 16.2 Å². The Morgan fingerprint density at radius 2 is 1.43 bits per heavy atom. The van der Waals surface area contributed by atoms with Gasteiger partial charge in [-0.1, -0.05) is 46.3 Å². The highest BCUT2D eigenvalue weighted by molar-refractivity contribution is 9.10. The molecule has 0 fully saturated rings. The summed E-state index contributed by atoms with van der Waals surface area (Å²) in [5.74, 6) is -1.04. The van der Waals surface area contributed by atoms with E-state index in [1.54, 1.807) is 54.6 Å². The lowest BCUT2D eigenvalue weighted by molar-refractivity contribution is 0.0474. The van der Waals surface area contributed by atoms with Crippen molar-refractivity contribution in [2.75, 3.05) is 18.0 Å². The lowest BCUT2D eigenvalue weighted by atomic mass is 10.1. The maximum absolute atomic E-state index is 12.8. The normalized spacial score (nSPS) is 11.0. The van der Waals surface area contributed by atoms with Crippen molar-refractivity contribution in [3.8, 4) is 0 Å². The van der Waals surface area contributed by atoms with Crippen LogP contribution in [0.4, 0.5) is 5.69 Å². The van der Waals surface area contributed by atoms with Gasteiger partial charge in [-0.2, -0.15) is 0 Å². The van der Waals surface area contributed by atoms with Crippen molar-refractivity contribution in [2.45, 2.75) is 4.90 Å². The van der Waals surface area contributed by atoms with Gasteiger partial charge in [0.2, 0.25) is 0 Å². The minimum absolute atomic E-state index is 0.0383. The van der Waals surface area contributed by atoms with Crippen molar-refractivity contribution in [1.82, 2.24) is 0 Å². The summed E-state index contributed by atoms with van der Waals surface area (Å²) in [4.78, 5) is 24.4. The summed E-state index contributed by atoms with van der Waals surface area (Å²) in [5, 5.41) is 0. The molecule has 0 aliphatic rings. The fraction of sp³-hybridized carbons (Fsp3) is 0.0909.